The molecule has 0 aliphatic carbocycles. The van der Waals surface area contributed by atoms with Crippen LogP contribution in [0.1, 0.15) is 23.6 Å². The number of halogens is 6. The zero-order valence-corrected chi connectivity index (χ0v) is 19.0. The first-order valence-corrected chi connectivity index (χ1v) is 10.5. The number of aliphatic hydroxyl groups excluding tert-OH is 1. The minimum Gasteiger partial charge on any atom is -0.479 e. The Morgan fingerprint density at radius 1 is 1.03 bits per heavy atom. The van der Waals surface area contributed by atoms with Gasteiger partial charge in [0.05, 0.1) is 13.0 Å². The van der Waals surface area contributed by atoms with Crippen molar-refractivity contribution < 1.29 is 60.8 Å². The SMILES string of the molecule is NC(CC(=O)N1CCn2c(nnc2C(F)(F)F)C1)(Cc1cc(F)c(F)cc1F)O[C@@H](C(=O)O)[C@@H](O)C(=O)O. The van der Waals surface area contributed by atoms with Crippen LogP contribution in [-0.2, 0) is 44.8 Å². The van der Waals surface area contributed by atoms with Gasteiger partial charge in [-0.1, -0.05) is 0 Å². The number of benzene rings is 1. The van der Waals surface area contributed by atoms with E-state index in [1.54, 1.807) is 0 Å². The number of nitrogens with two attached hydrogens (primary N) is 1. The van der Waals surface area contributed by atoms with E-state index in [1.165, 1.54) is 0 Å². The number of carboxylic acids is 2. The molecule has 1 unspecified atom stereocenters. The largest absolute Gasteiger partial charge is 0.479 e. The predicted molar refractivity (Wildman–Crippen MR) is 108 cm³/mol. The van der Waals surface area contributed by atoms with Crippen LogP contribution in [0.3, 0.4) is 0 Å². The topological polar surface area (TPSA) is 181 Å². The first-order chi connectivity index (χ1) is 17.5. The maximum absolute atomic E-state index is 14.3. The highest BCUT2D eigenvalue weighted by Gasteiger charge is 2.44. The van der Waals surface area contributed by atoms with Gasteiger partial charge in [0, 0.05) is 25.6 Å². The van der Waals surface area contributed by atoms with Crippen LogP contribution in [0.25, 0.3) is 0 Å². The van der Waals surface area contributed by atoms with Gasteiger partial charge < -0.3 is 35.3 Å². The second kappa shape index (κ2) is 10.5. The molecule has 0 bridgehead atoms. The molecule has 0 saturated heterocycles. The molecule has 0 spiro atoms. The lowest BCUT2D eigenvalue weighted by Gasteiger charge is -2.36. The normalized spacial score (nSPS) is 16.9. The van der Waals surface area contributed by atoms with Crippen molar-refractivity contribution >= 4 is 17.8 Å². The van der Waals surface area contributed by atoms with Crippen LogP contribution in [0.2, 0.25) is 0 Å². The van der Waals surface area contributed by atoms with E-state index in [4.69, 9.17) is 15.6 Å². The Hall–Kier alpha value is -3.77. The minimum atomic E-state index is -4.82. The third kappa shape index (κ3) is 6.20. The van der Waals surface area contributed by atoms with Crippen molar-refractivity contribution in [3.05, 3.63) is 46.8 Å². The number of fused-ring (bicyclic) bond motifs is 1. The molecule has 1 amide bonds. The summed E-state index contributed by atoms with van der Waals surface area (Å²) in [6.45, 7) is -1.23. The van der Waals surface area contributed by atoms with E-state index >= 15 is 0 Å². The van der Waals surface area contributed by atoms with E-state index in [9.17, 15) is 50.9 Å². The fraction of sp³-hybridized carbons (Fsp3) is 0.450. The lowest BCUT2D eigenvalue weighted by atomic mass is 9.97. The molecule has 2 heterocycles. The second-order valence-electron chi connectivity index (χ2n) is 8.34. The molecule has 12 nitrogen and oxygen atoms in total. The summed E-state index contributed by atoms with van der Waals surface area (Å²) in [6.07, 6.45) is -12.2. The maximum atomic E-state index is 14.3. The average molecular weight is 555 g/mol. The third-order valence-electron chi connectivity index (χ3n) is 5.53. The molecule has 1 aromatic heterocycles. The molecule has 1 aliphatic rings. The second-order valence-corrected chi connectivity index (χ2v) is 8.34. The van der Waals surface area contributed by atoms with Gasteiger partial charge >= 0.3 is 18.1 Å². The lowest BCUT2D eigenvalue weighted by molar-refractivity contribution is -0.190. The smallest absolute Gasteiger partial charge is 0.451 e. The van der Waals surface area contributed by atoms with Gasteiger partial charge in [0.25, 0.3) is 0 Å². The molecular weight excluding hydrogens is 536 g/mol. The average Bonchev–Trinajstić information content (AvgIpc) is 3.24. The van der Waals surface area contributed by atoms with E-state index in [0.717, 1.165) is 9.47 Å². The highest BCUT2D eigenvalue weighted by atomic mass is 19.4. The van der Waals surface area contributed by atoms with Gasteiger partial charge in [0.2, 0.25) is 11.7 Å². The Kier molecular flexibility index (Phi) is 7.99. The number of aliphatic hydroxyl groups is 1. The number of ether oxygens (including phenoxy) is 1. The zero-order valence-electron chi connectivity index (χ0n) is 19.0. The van der Waals surface area contributed by atoms with Gasteiger partial charge in [-0.25, -0.2) is 22.8 Å². The van der Waals surface area contributed by atoms with Crippen LogP contribution in [0, 0.1) is 17.5 Å². The molecule has 38 heavy (non-hydrogen) atoms. The van der Waals surface area contributed by atoms with Crippen molar-refractivity contribution in [3.63, 3.8) is 0 Å². The summed E-state index contributed by atoms with van der Waals surface area (Å²) in [7, 11) is 0. The summed E-state index contributed by atoms with van der Waals surface area (Å²) in [5.74, 6) is -11.1. The summed E-state index contributed by atoms with van der Waals surface area (Å²) in [6, 6.07) is 0.495. The van der Waals surface area contributed by atoms with Crippen LogP contribution in [0.5, 0.6) is 0 Å². The van der Waals surface area contributed by atoms with Gasteiger partial charge in [-0.05, 0) is 11.6 Å². The summed E-state index contributed by atoms with van der Waals surface area (Å²) < 4.78 is 86.4. The van der Waals surface area contributed by atoms with Crippen molar-refractivity contribution in [1.82, 2.24) is 19.7 Å². The summed E-state index contributed by atoms with van der Waals surface area (Å²) >= 11 is 0. The number of alkyl halides is 3. The van der Waals surface area contributed by atoms with Gasteiger partial charge in [-0.15, -0.1) is 10.2 Å². The molecular formula is C20H19F6N5O7. The molecule has 3 rings (SSSR count). The Morgan fingerprint density at radius 2 is 1.66 bits per heavy atom. The first-order valence-electron chi connectivity index (χ1n) is 10.5. The van der Waals surface area contributed by atoms with E-state index < -0.39 is 96.7 Å². The van der Waals surface area contributed by atoms with Crippen LogP contribution in [0.4, 0.5) is 26.3 Å². The summed E-state index contributed by atoms with van der Waals surface area (Å²) in [5, 5.41) is 34.5. The van der Waals surface area contributed by atoms with E-state index in [-0.39, 0.29) is 18.4 Å². The number of amides is 1. The number of carboxylic acid groups (broad SMARTS) is 2. The van der Waals surface area contributed by atoms with Crippen molar-refractivity contribution in [2.24, 2.45) is 5.73 Å². The van der Waals surface area contributed by atoms with Crippen molar-refractivity contribution in [3.8, 4) is 0 Å². The molecule has 2 aromatic rings. The summed E-state index contributed by atoms with van der Waals surface area (Å²) in [4.78, 5) is 36.6. The molecule has 18 heteroatoms. The molecule has 0 saturated carbocycles. The monoisotopic (exact) mass is 555 g/mol. The maximum Gasteiger partial charge on any atom is 0.451 e. The van der Waals surface area contributed by atoms with E-state index in [2.05, 4.69) is 10.2 Å². The molecule has 0 radical (unpaired) electrons. The third-order valence-corrected chi connectivity index (χ3v) is 5.53. The molecule has 1 aromatic carbocycles. The molecule has 3 atom stereocenters. The van der Waals surface area contributed by atoms with Crippen LogP contribution < -0.4 is 5.73 Å². The Bertz CT molecular complexity index is 1260. The number of rotatable bonds is 9. The molecule has 1 aliphatic heterocycles. The van der Waals surface area contributed by atoms with Gasteiger partial charge in [0.15, 0.2) is 29.7 Å². The van der Waals surface area contributed by atoms with E-state index in [0.29, 0.717) is 6.07 Å². The fourth-order valence-corrected chi connectivity index (χ4v) is 3.75. The molecule has 5 N–H and O–H groups in total. The molecule has 208 valence electrons. The highest BCUT2D eigenvalue weighted by Crippen LogP contribution is 2.30. The number of hydrogen-bond donors (Lipinski definition) is 4. The van der Waals surface area contributed by atoms with Gasteiger partial charge in [-0.2, -0.15) is 13.2 Å². The number of nitrogens with zero attached hydrogens (tertiary/aromatic N) is 4. The number of carbonyl (C=O) groups excluding carboxylic acids is 1. The van der Waals surface area contributed by atoms with Gasteiger partial charge in [-0.3, -0.25) is 4.79 Å². The van der Waals surface area contributed by atoms with Crippen LogP contribution in [-0.4, -0.2) is 77.3 Å². The lowest BCUT2D eigenvalue weighted by Crippen LogP contribution is -2.56. The number of aliphatic carboxylic acids is 2. The summed E-state index contributed by atoms with van der Waals surface area (Å²) in [5.41, 5.74) is 2.70. The van der Waals surface area contributed by atoms with Crippen molar-refractivity contribution in [2.45, 2.75) is 50.0 Å². The highest BCUT2D eigenvalue weighted by molar-refractivity contribution is 5.83. The molecule has 0 fully saturated rings. The minimum absolute atomic E-state index is 0.142. The zero-order chi connectivity index (χ0) is 28.6. The first kappa shape index (κ1) is 28.8. The standard InChI is InChI=1S/C20H19F6N5O7/c21-9-4-11(23)10(22)3-8(9)5-19(27,38-15(17(36)37)14(33)16(34)35)6-13(32)30-1-2-31-12(7-30)28-29-18(31)20(24,25)26/h3-4,14-15,33H,1-2,5-7,27H2,(H,34,35)(H,36,37)/t14-,15-,19?/m1/s1. The van der Waals surface area contributed by atoms with Gasteiger partial charge in [0.1, 0.15) is 11.5 Å². The quantitative estimate of drug-likeness (QED) is 0.190. The van der Waals surface area contributed by atoms with Crippen LogP contribution in [0.15, 0.2) is 12.1 Å². The van der Waals surface area contributed by atoms with Crippen molar-refractivity contribution in [2.75, 3.05) is 6.54 Å². The van der Waals surface area contributed by atoms with Crippen molar-refractivity contribution in [1.29, 1.82) is 0 Å². The number of aromatic nitrogens is 3. The fourth-order valence-electron chi connectivity index (χ4n) is 3.75. The Labute approximate surface area is 208 Å². The predicted octanol–water partition coefficient (Wildman–Crippen LogP) is 0.259. The van der Waals surface area contributed by atoms with E-state index in [1.807, 2.05) is 0 Å². The number of hydrogen-bond acceptors (Lipinski definition) is 8. The Balaban J connectivity index is 1.91. The van der Waals surface area contributed by atoms with Crippen LogP contribution >= 0.6 is 0 Å². The Morgan fingerprint density at radius 3 is 2.24 bits per heavy atom. The number of carbonyl (C=O) groups is 3.